The summed E-state index contributed by atoms with van der Waals surface area (Å²) < 4.78 is 0. The molecule has 1 nitrogen and oxygen atoms in total. The molecule has 0 bridgehead atoms. The maximum atomic E-state index is 12.3. The Balaban J connectivity index is 2.48. The zero-order valence-corrected chi connectivity index (χ0v) is 10.4. The first-order valence-corrected chi connectivity index (χ1v) is 5.77. The molecule has 2 aromatic carbocycles. The standard InChI is InChI=1S/C16H16O/c1-11-9-13(3)15(10-12(11)2)16(17)14-7-5-4-6-8-14/h4-10H,1-3H3. The minimum absolute atomic E-state index is 0.103. The van der Waals surface area contributed by atoms with Gasteiger partial charge in [0.15, 0.2) is 5.78 Å². The molecule has 0 saturated heterocycles. The molecule has 0 aliphatic heterocycles. The van der Waals surface area contributed by atoms with Gasteiger partial charge in [-0.15, -0.1) is 0 Å². The first-order chi connectivity index (χ1) is 8.09. The maximum absolute atomic E-state index is 12.3. The molecule has 0 aromatic heterocycles. The number of hydrogen-bond donors (Lipinski definition) is 0. The van der Waals surface area contributed by atoms with Crippen LogP contribution in [0.5, 0.6) is 0 Å². The second-order valence-corrected chi connectivity index (χ2v) is 4.45. The Morgan fingerprint density at radius 1 is 0.824 bits per heavy atom. The Labute approximate surface area is 102 Å². The highest BCUT2D eigenvalue weighted by Gasteiger charge is 2.12. The van der Waals surface area contributed by atoms with Crippen molar-refractivity contribution in [2.45, 2.75) is 20.8 Å². The number of hydrogen-bond acceptors (Lipinski definition) is 1. The molecule has 0 radical (unpaired) electrons. The third-order valence-corrected chi connectivity index (χ3v) is 3.12. The van der Waals surface area contributed by atoms with Crippen LogP contribution in [0.15, 0.2) is 42.5 Å². The zero-order chi connectivity index (χ0) is 12.4. The summed E-state index contributed by atoms with van der Waals surface area (Å²) >= 11 is 0. The lowest BCUT2D eigenvalue weighted by atomic mass is 9.95. The Kier molecular flexibility index (Phi) is 3.10. The van der Waals surface area contributed by atoms with E-state index >= 15 is 0 Å². The highest BCUT2D eigenvalue weighted by atomic mass is 16.1. The number of ketones is 1. The first kappa shape index (κ1) is 11.6. The van der Waals surface area contributed by atoms with Crippen molar-refractivity contribution in [3.05, 3.63) is 70.3 Å². The molecule has 0 N–H and O–H groups in total. The van der Waals surface area contributed by atoms with Crippen LogP contribution in [-0.4, -0.2) is 5.78 Å². The molecular weight excluding hydrogens is 208 g/mol. The van der Waals surface area contributed by atoms with E-state index in [2.05, 4.69) is 13.0 Å². The second-order valence-electron chi connectivity index (χ2n) is 4.45. The van der Waals surface area contributed by atoms with Crippen LogP contribution >= 0.6 is 0 Å². The van der Waals surface area contributed by atoms with Crippen LogP contribution in [0.4, 0.5) is 0 Å². The van der Waals surface area contributed by atoms with Gasteiger partial charge in [-0.1, -0.05) is 36.4 Å². The minimum atomic E-state index is 0.103. The van der Waals surface area contributed by atoms with Gasteiger partial charge in [0.2, 0.25) is 0 Å². The number of carbonyl (C=O) groups is 1. The normalized spacial score (nSPS) is 10.3. The minimum Gasteiger partial charge on any atom is -0.289 e. The molecule has 0 aliphatic carbocycles. The van der Waals surface area contributed by atoms with E-state index in [9.17, 15) is 4.79 Å². The molecule has 0 heterocycles. The van der Waals surface area contributed by atoms with Crippen LogP contribution in [0.25, 0.3) is 0 Å². The first-order valence-electron chi connectivity index (χ1n) is 5.77. The van der Waals surface area contributed by atoms with Gasteiger partial charge in [0.25, 0.3) is 0 Å². The van der Waals surface area contributed by atoms with Crippen LogP contribution < -0.4 is 0 Å². The summed E-state index contributed by atoms with van der Waals surface area (Å²) in [6.45, 7) is 6.10. The van der Waals surface area contributed by atoms with Crippen LogP contribution in [0.2, 0.25) is 0 Å². The predicted octanol–water partition coefficient (Wildman–Crippen LogP) is 3.84. The van der Waals surface area contributed by atoms with Crippen molar-refractivity contribution < 1.29 is 4.79 Å². The Hall–Kier alpha value is -1.89. The lowest BCUT2D eigenvalue weighted by Crippen LogP contribution is -2.04. The van der Waals surface area contributed by atoms with Gasteiger partial charge in [-0.2, -0.15) is 0 Å². The van der Waals surface area contributed by atoms with E-state index in [4.69, 9.17) is 0 Å². The van der Waals surface area contributed by atoms with Crippen molar-refractivity contribution in [1.29, 1.82) is 0 Å². The zero-order valence-electron chi connectivity index (χ0n) is 10.4. The molecule has 1 heteroatoms. The highest BCUT2D eigenvalue weighted by Crippen LogP contribution is 2.18. The SMILES string of the molecule is Cc1cc(C)c(C(=O)c2ccccc2)cc1C. The summed E-state index contributed by atoms with van der Waals surface area (Å²) in [5.74, 6) is 0.103. The van der Waals surface area contributed by atoms with Gasteiger partial charge in [0, 0.05) is 11.1 Å². The number of aryl methyl sites for hydroxylation is 3. The van der Waals surface area contributed by atoms with Crippen molar-refractivity contribution in [3.63, 3.8) is 0 Å². The monoisotopic (exact) mass is 224 g/mol. The Morgan fingerprint density at radius 2 is 1.41 bits per heavy atom. The second kappa shape index (κ2) is 4.54. The largest absolute Gasteiger partial charge is 0.289 e. The molecule has 0 unspecified atom stereocenters. The Morgan fingerprint density at radius 3 is 2.06 bits per heavy atom. The van der Waals surface area contributed by atoms with Crippen LogP contribution in [0.3, 0.4) is 0 Å². The van der Waals surface area contributed by atoms with E-state index in [0.717, 1.165) is 22.3 Å². The fraction of sp³-hybridized carbons (Fsp3) is 0.188. The quantitative estimate of drug-likeness (QED) is 0.708. The fourth-order valence-corrected chi connectivity index (χ4v) is 1.95. The average Bonchev–Trinajstić information content (AvgIpc) is 2.34. The van der Waals surface area contributed by atoms with E-state index in [1.165, 1.54) is 5.56 Å². The summed E-state index contributed by atoms with van der Waals surface area (Å²) in [6.07, 6.45) is 0. The van der Waals surface area contributed by atoms with Crippen molar-refractivity contribution in [1.82, 2.24) is 0 Å². The summed E-state index contributed by atoms with van der Waals surface area (Å²) in [5.41, 5.74) is 4.99. The molecule has 17 heavy (non-hydrogen) atoms. The van der Waals surface area contributed by atoms with Gasteiger partial charge in [-0.05, 0) is 43.5 Å². The van der Waals surface area contributed by atoms with E-state index in [-0.39, 0.29) is 5.78 Å². The summed E-state index contributed by atoms with van der Waals surface area (Å²) in [4.78, 5) is 12.3. The van der Waals surface area contributed by atoms with Gasteiger partial charge >= 0.3 is 0 Å². The van der Waals surface area contributed by atoms with E-state index in [0.29, 0.717) is 0 Å². The molecule has 86 valence electrons. The van der Waals surface area contributed by atoms with Crippen molar-refractivity contribution in [2.24, 2.45) is 0 Å². The predicted molar refractivity (Wildman–Crippen MR) is 70.5 cm³/mol. The average molecular weight is 224 g/mol. The third-order valence-electron chi connectivity index (χ3n) is 3.12. The summed E-state index contributed by atoms with van der Waals surface area (Å²) in [7, 11) is 0. The van der Waals surface area contributed by atoms with Gasteiger partial charge in [-0.3, -0.25) is 4.79 Å². The molecule has 0 fully saturated rings. The third kappa shape index (κ3) is 2.28. The molecule has 2 rings (SSSR count). The van der Waals surface area contributed by atoms with Crippen LogP contribution in [0, 0.1) is 20.8 Å². The molecule has 0 saturated carbocycles. The van der Waals surface area contributed by atoms with Crippen LogP contribution in [-0.2, 0) is 0 Å². The molecule has 2 aromatic rings. The van der Waals surface area contributed by atoms with Crippen LogP contribution in [0.1, 0.15) is 32.6 Å². The molecule has 0 atom stereocenters. The molecule has 0 spiro atoms. The molecule has 0 aliphatic rings. The summed E-state index contributed by atoms with van der Waals surface area (Å²) in [5, 5.41) is 0. The topological polar surface area (TPSA) is 17.1 Å². The number of carbonyl (C=O) groups excluding carboxylic acids is 1. The number of benzene rings is 2. The van der Waals surface area contributed by atoms with Gasteiger partial charge in [0.05, 0.1) is 0 Å². The smallest absolute Gasteiger partial charge is 0.193 e. The van der Waals surface area contributed by atoms with E-state index < -0.39 is 0 Å². The lowest BCUT2D eigenvalue weighted by molar-refractivity contribution is 0.103. The van der Waals surface area contributed by atoms with Crippen molar-refractivity contribution in [2.75, 3.05) is 0 Å². The van der Waals surface area contributed by atoms with Crippen molar-refractivity contribution >= 4 is 5.78 Å². The highest BCUT2D eigenvalue weighted by molar-refractivity contribution is 6.10. The fourth-order valence-electron chi connectivity index (χ4n) is 1.95. The van der Waals surface area contributed by atoms with Gasteiger partial charge in [0.1, 0.15) is 0 Å². The van der Waals surface area contributed by atoms with Crippen molar-refractivity contribution in [3.8, 4) is 0 Å². The molecule has 0 amide bonds. The Bertz CT molecular complexity index is 553. The van der Waals surface area contributed by atoms with Gasteiger partial charge < -0.3 is 0 Å². The summed E-state index contributed by atoms with van der Waals surface area (Å²) in [6, 6.07) is 13.5. The lowest BCUT2D eigenvalue weighted by Gasteiger charge is -2.09. The van der Waals surface area contributed by atoms with Gasteiger partial charge in [-0.25, -0.2) is 0 Å². The maximum Gasteiger partial charge on any atom is 0.193 e. The molecular formula is C16H16O. The van der Waals surface area contributed by atoms with E-state index in [1.807, 2.05) is 50.2 Å². The number of rotatable bonds is 2. The van der Waals surface area contributed by atoms with E-state index in [1.54, 1.807) is 0 Å².